The lowest BCUT2D eigenvalue weighted by molar-refractivity contribution is -0.137. The van der Waals surface area contributed by atoms with Crippen LogP contribution in [0.1, 0.15) is 29.4 Å². The van der Waals surface area contributed by atoms with Gasteiger partial charge in [-0.1, -0.05) is 35.9 Å². The zero-order valence-corrected chi connectivity index (χ0v) is 16.8. The van der Waals surface area contributed by atoms with Crippen LogP contribution in [0.3, 0.4) is 0 Å². The number of alkyl halides is 3. The Kier molecular flexibility index (Phi) is 6.36. The summed E-state index contributed by atoms with van der Waals surface area (Å²) in [5.74, 6) is 0.775. The van der Waals surface area contributed by atoms with Crippen molar-refractivity contribution in [3.8, 4) is 5.75 Å². The standard InChI is InChI=1S/C20H20F3N3O2S/c1-3-26-18(12-28-17-6-4-5-16(11-17)20(21,22)23)24-25-19(26)29(27)13-15-9-7-14(2)8-10-15/h4-11H,3,12-13H2,1-2H3/t29-/m1/s1. The summed E-state index contributed by atoms with van der Waals surface area (Å²) in [6, 6.07) is 12.4. The van der Waals surface area contributed by atoms with Crippen LogP contribution in [0.2, 0.25) is 0 Å². The van der Waals surface area contributed by atoms with Crippen LogP contribution in [0.25, 0.3) is 0 Å². The first-order chi connectivity index (χ1) is 13.8. The van der Waals surface area contributed by atoms with Crippen molar-refractivity contribution in [3.63, 3.8) is 0 Å². The minimum absolute atomic E-state index is 0.0767. The average molecular weight is 423 g/mol. The second-order valence-electron chi connectivity index (χ2n) is 6.43. The maximum atomic E-state index is 12.8. The predicted molar refractivity (Wildman–Crippen MR) is 103 cm³/mol. The molecule has 29 heavy (non-hydrogen) atoms. The van der Waals surface area contributed by atoms with Crippen LogP contribution in [0.5, 0.6) is 5.75 Å². The summed E-state index contributed by atoms with van der Waals surface area (Å²) in [5.41, 5.74) is 1.25. The number of nitrogens with zero attached hydrogens (tertiary/aromatic N) is 3. The maximum Gasteiger partial charge on any atom is 0.416 e. The first kappa shape index (κ1) is 21.0. The van der Waals surface area contributed by atoms with Gasteiger partial charge in [-0.25, -0.2) is 0 Å². The molecule has 0 unspecified atom stereocenters. The highest BCUT2D eigenvalue weighted by atomic mass is 32.2. The van der Waals surface area contributed by atoms with E-state index in [2.05, 4.69) is 10.2 Å². The molecule has 2 aromatic carbocycles. The first-order valence-electron chi connectivity index (χ1n) is 8.94. The van der Waals surface area contributed by atoms with E-state index < -0.39 is 22.5 Å². The van der Waals surface area contributed by atoms with E-state index >= 15 is 0 Å². The molecule has 0 N–H and O–H groups in total. The topological polar surface area (TPSA) is 57.0 Å². The molecular formula is C20H20F3N3O2S. The summed E-state index contributed by atoms with van der Waals surface area (Å²) >= 11 is 0. The van der Waals surface area contributed by atoms with Crippen molar-refractivity contribution in [2.24, 2.45) is 0 Å². The summed E-state index contributed by atoms with van der Waals surface area (Å²) in [5, 5.41) is 8.36. The number of hydrogen-bond acceptors (Lipinski definition) is 4. The van der Waals surface area contributed by atoms with E-state index in [1.165, 1.54) is 12.1 Å². The van der Waals surface area contributed by atoms with Crippen LogP contribution >= 0.6 is 0 Å². The Balaban J connectivity index is 1.72. The minimum atomic E-state index is -4.44. The molecule has 1 aromatic heterocycles. The third-order valence-electron chi connectivity index (χ3n) is 4.26. The third kappa shape index (κ3) is 5.23. The minimum Gasteiger partial charge on any atom is -0.486 e. The molecule has 0 aliphatic carbocycles. The molecule has 0 aliphatic heterocycles. The zero-order chi connectivity index (χ0) is 21.0. The van der Waals surface area contributed by atoms with Gasteiger partial charge in [-0.2, -0.15) is 13.2 Å². The van der Waals surface area contributed by atoms with Crippen molar-refractivity contribution < 1.29 is 22.1 Å². The van der Waals surface area contributed by atoms with Crippen molar-refractivity contribution in [1.29, 1.82) is 0 Å². The molecule has 0 bridgehead atoms. The lowest BCUT2D eigenvalue weighted by Crippen LogP contribution is -2.11. The Labute approximate surface area is 169 Å². The van der Waals surface area contributed by atoms with Crippen LogP contribution in [0.15, 0.2) is 53.7 Å². The van der Waals surface area contributed by atoms with E-state index in [0.717, 1.165) is 23.3 Å². The van der Waals surface area contributed by atoms with Gasteiger partial charge in [0.05, 0.1) is 22.1 Å². The van der Waals surface area contributed by atoms with Gasteiger partial charge >= 0.3 is 6.18 Å². The molecule has 3 rings (SSSR count). The Morgan fingerprint density at radius 3 is 2.48 bits per heavy atom. The fourth-order valence-electron chi connectivity index (χ4n) is 2.72. The smallest absolute Gasteiger partial charge is 0.416 e. The zero-order valence-electron chi connectivity index (χ0n) is 15.9. The van der Waals surface area contributed by atoms with Gasteiger partial charge in [-0.3, -0.25) is 4.21 Å². The lowest BCUT2D eigenvalue weighted by Gasteiger charge is -2.11. The summed E-state index contributed by atoms with van der Waals surface area (Å²) in [6.07, 6.45) is -4.44. The largest absolute Gasteiger partial charge is 0.486 e. The van der Waals surface area contributed by atoms with E-state index in [4.69, 9.17) is 4.74 Å². The van der Waals surface area contributed by atoms with E-state index in [-0.39, 0.29) is 12.4 Å². The van der Waals surface area contributed by atoms with E-state index in [1.54, 1.807) is 4.57 Å². The molecule has 0 amide bonds. The Morgan fingerprint density at radius 2 is 1.83 bits per heavy atom. The first-order valence-corrected chi connectivity index (χ1v) is 10.3. The van der Waals surface area contributed by atoms with E-state index in [9.17, 15) is 17.4 Å². The Bertz CT molecular complexity index is 1000. The lowest BCUT2D eigenvalue weighted by atomic mass is 10.2. The summed E-state index contributed by atoms with van der Waals surface area (Å²) < 4.78 is 58.4. The fraction of sp³-hybridized carbons (Fsp3) is 0.300. The number of ether oxygens (including phenoxy) is 1. The predicted octanol–water partition coefficient (Wildman–Crippen LogP) is 4.51. The fourth-order valence-corrected chi connectivity index (χ4v) is 3.96. The molecule has 5 nitrogen and oxygen atoms in total. The van der Waals surface area contributed by atoms with Crippen molar-refractivity contribution in [3.05, 3.63) is 71.0 Å². The van der Waals surface area contributed by atoms with Gasteiger partial charge in [0, 0.05) is 6.54 Å². The second kappa shape index (κ2) is 8.77. The number of halogens is 3. The molecular weight excluding hydrogens is 403 g/mol. The number of hydrogen-bond donors (Lipinski definition) is 0. The third-order valence-corrected chi connectivity index (χ3v) is 5.57. The molecule has 1 atom stereocenters. The van der Waals surface area contributed by atoms with Gasteiger partial charge < -0.3 is 9.30 Å². The van der Waals surface area contributed by atoms with Gasteiger partial charge in [0.25, 0.3) is 0 Å². The number of benzene rings is 2. The van der Waals surface area contributed by atoms with Gasteiger partial charge in [-0.05, 0) is 37.6 Å². The molecule has 154 valence electrons. The molecule has 0 saturated heterocycles. The highest BCUT2D eigenvalue weighted by Crippen LogP contribution is 2.31. The van der Waals surface area contributed by atoms with Crippen molar-refractivity contribution in [2.45, 2.75) is 44.1 Å². The van der Waals surface area contributed by atoms with Gasteiger partial charge in [0.2, 0.25) is 5.16 Å². The Morgan fingerprint density at radius 1 is 1.10 bits per heavy atom. The van der Waals surface area contributed by atoms with Crippen LogP contribution in [0.4, 0.5) is 13.2 Å². The van der Waals surface area contributed by atoms with E-state index in [1.807, 2.05) is 38.1 Å². The molecule has 9 heteroatoms. The summed E-state index contributed by atoms with van der Waals surface area (Å²) in [7, 11) is -1.41. The molecule has 3 aromatic rings. The van der Waals surface area contributed by atoms with Crippen LogP contribution in [0, 0.1) is 6.92 Å². The summed E-state index contributed by atoms with van der Waals surface area (Å²) in [4.78, 5) is 0. The molecule has 1 heterocycles. The quantitative estimate of drug-likeness (QED) is 0.561. The van der Waals surface area contributed by atoms with Crippen LogP contribution < -0.4 is 4.74 Å². The van der Waals surface area contributed by atoms with Gasteiger partial charge in [-0.15, -0.1) is 10.2 Å². The van der Waals surface area contributed by atoms with E-state index in [0.29, 0.717) is 23.3 Å². The number of rotatable bonds is 7. The molecule has 0 radical (unpaired) electrons. The monoisotopic (exact) mass is 423 g/mol. The highest BCUT2D eigenvalue weighted by Gasteiger charge is 2.30. The normalized spacial score (nSPS) is 12.7. The second-order valence-corrected chi connectivity index (χ2v) is 7.78. The SMILES string of the molecule is CCn1c(COc2cccc(C(F)(F)F)c2)nnc1[S@](=O)Cc1ccc(C)cc1. The maximum absolute atomic E-state index is 12.8. The molecule has 0 saturated carbocycles. The number of aromatic nitrogens is 3. The highest BCUT2D eigenvalue weighted by molar-refractivity contribution is 7.84. The number of aryl methyl sites for hydroxylation is 1. The van der Waals surface area contributed by atoms with Crippen LogP contribution in [-0.4, -0.2) is 19.0 Å². The molecule has 0 spiro atoms. The van der Waals surface area contributed by atoms with Crippen molar-refractivity contribution in [2.75, 3.05) is 0 Å². The van der Waals surface area contributed by atoms with Gasteiger partial charge in [0.1, 0.15) is 12.4 Å². The Hall–Kier alpha value is -2.68. The molecule has 0 aliphatic rings. The summed E-state index contributed by atoms with van der Waals surface area (Å²) in [6.45, 7) is 4.21. The molecule has 0 fully saturated rings. The van der Waals surface area contributed by atoms with Gasteiger partial charge in [0.15, 0.2) is 5.82 Å². The van der Waals surface area contributed by atoms with Crippen molar-refractivity contribution >= 4 is 10.8 Å². The van der Waals surface area contributed by atoms with Crippen LogP contribution in [-0.2, 0) is 35.9 Å². The average Bonchev–Trinajstić information content (AvgIpc) is 3.11. The van der Waals surface area contributed by atoms with Crippen molar-refractivity contribution in [1.82, 2.24) is 14.8 Å².